The Hall–Kier alpha value is -1.95. The zero-order valence-corrected chi connectivity index (χ0v) is 56.9. The van der Waals surface area contributed by atoms with Crippen LogP contribution in [0.5, 0.6) is 0 Å². The van der Waals surface area contributed by atoms with Gasteiger partial charge in [-0.3, -0.25) is 4.79 Å². The molecule has 0 saturated heterocycles. The fourth-order valence-corrected chi connectivity index (χ4v) is 28.2. The second kappa shape index (κ2) is 20.0. The number of rotatable bonds is 16. The molecule has 1 nitrogen and oxygen atoms in total. The number of thiophene rings is 8. The van der Waals surface area contributed by atoms with Gasteiger partial charge in [0.05, 0.1) is 58.2 Å². The first-order valence-corrected chi connectivity index (χ1v) is 51.8. The molecule has 0 amide bonds. The van der Waals surface area contributed by atoms with Crippen LogP contribution in [0, 0.1) is 0 Å². The van der Waals surface area contributed by atoms with E-state index in [1.807, 2.05) is 68.0 Å². The van der Waals surface area contributed by atoms with Gasteiger partial charge in [-0.05, 0) is 87.7 Å². The van der Waals surface area contributed by atoms with Gasteiger partial charge in [0, 0.05) is 61.3 Å². The average Bonchev–Trinajstić information content (AvgIpc) is 4.08. The maximum atomic E-state index is 15.2. The minimum Gasteiger partial charge on any atom is -0.287 e. The first kappa shape index (κ1) is 54.3. The van der Waals surface area contributed by atoms with E-state index in [2.05, 4.69) is 215 Å². The monoisotopic (exact) mass is 1170 g/mol. The maximum Gasteiger partial charge on any atom is 0.212 e. The van der Waals surface area contributed by atoms with Crippen molar-refractivity contribution in [2.75, 3.05) is 0 Å². The summed E-state index contributed by atoms with van der Waals surface area (Å²) < 4.78 is 9.10. The van der Waals surface area contributed by atoms with Crippen molar-refractivity contribution in [3.05, 3.63) is 146 Å². The van der Waals surface area contributed by atoms with Crippen LogP contribution < -0.4 is 27.0 Å². The lowest BCUT2D eigenvalue weighted by Gasteiger charge is -2.16. The maximum absolute atomic E-state index is 15.2. The summed E-state index contributed by atoms with van der Waals surface area (Å²) in [5.74, 6) is 0.112. The lowest BCUT2D eigenvalue weighted by atomic mass is 10.0. The molecule has 0 aromatic carbocycles. The molecule has 0 aliphatic carbocycles. The van der Waals surface area contributed by atoms with Gasteiger partial charge in [-0.15, -0.1) is 90.7 Å². The topological polar surface area (TPSA) is 17.1 Å². The standard InChI is InChI=1S/C55H70OS8Si6/c1-65(2,3)45-29-23-37(59-45)51(53(39-25-31-47(61-39)67(7,8)9)40-26-32-48(62-40)68(10,11)12)35-19-21-43(57-35)55(56)44-22-20-36(58-44)52(38-24-30-46(60-38)66(4,5)6)54(41-27-33-49(63-41)69(13,14)15)42-28-34-50(64-42)70(16,17)18/h19-34H,1-18H3. The third-order valence-corrected chi connectivity index (χ3v) is 42.6. The van der Waals surface area contributed by atoms with Crippen LogP contribution in [-0.2, 0) is 0 Å². The van der Waals surface area contributed by atoms with E-state index >= 15 is 4.79 Å². The third-order valence-electron chi connectivity index (χ3n) is 12.2. The van der Waals surface area contributed by atoms with Gasteiger partial charge >= 0.3 is 0 Å². The molecule has 8 rings (SSSR count). The molecular weight excluding hydrogens is 1100 g/mol. The Morgan fingerprint density at radius 2 is 0.371 bits per heavy atom. The molecule has 0 aliphatic heterocycles. The molecule has 8 aromatic rings. The van der Waals surface area contributed by atoms with Crippen molar-refractivity contribution in [1.82, 2.24) is 0 Å². The summed E-state index contributed by atoms with van der Waals surface area (Å²) >= 11 is 15.2. The summed E-state index contributed by atoms with van der Waals surface area (Å²) in [7, 11) is -9.44. The Balaban J connectivity index is 1.31. The van der Waals surface area contributed by atoms with Gasteiger partial charge < -0.3 is 0 Å². The Morgan fingerprint density at radius 1 is 0.229 bits per heavy atom. The molecule has 0 N–H and O–H groups in total. The molecule has 70 heavy (non-hydrogen) atoms. The van der Waals surface area contributed by atoms with Gasteiger partial charge in [-0.25, -0.2) is 0 Å². The first-order valence-electron chi connectivity index (χ1n) is 24.3. The highest BCUT2D eigenvalue weighted by Crippen LogP contribution is 2.46. The summed E-state index contributed by atoms with van der Waals surface area (Å²) in [4.78, 5) is 27.0. The number of ketones is 1. The van der Waals surface area contributed by atoms with E-state index in [0.29, 0.717) is 0 Å². The molecule has 0 fully saturated rings. The smallest absolute Gasteiger partial charge is 0.212 e. The van der Waals surface area contributed by atoms with E-state index in [0.717, 1.165) is 19.5 Å². The van der Waals surface area contributed by atoms with Gasteiger partial charge in [0.25, 0.3) is 0 Å². The molecule has 368 valence electrons. The highest BCUT2D eigenvalue weighted by atomic mass is 32.1. The van der Waals surface area contributed by atoms with Crippen LogP contribution in [0.15, 0.2) is 97.1 Å². The molecule has 0 spiro atoms. The zero-order chi connectivity index (χ0) is 51.1. The van der Waals surface area contributed by atoms with Crippen molar-refractivity contribution in [3.63, 3.8) is 0 Å². The molecule has 0 aliphatic rings. The fourth-order valence-electron chi connectivity index (χ4n) is 8.03. The van der Waals surface area contributed by atoms with E-state index < -0.39 is 48.4 Å². The third kappa shape index (κ3) is 11.8. The molecule has 0 atom stereocenters. The summed E-state index contributed by atoms with van der Waals surface area (Å²) in [6.45, 7) is 44.2. The van der Waals surface area contributed by atoms with E-state index in [1.165, 1.54) is 78.6 Å². The van der Waals surface area contributed by atoms with Crippen LogP contribution in [0.1, 0.15) is 53.6 Å². The minimum atomic E-state index is -1.59. The number of hydrogen-bond donors (Lipinski definition) is 0. The predicted molar refractivity (Wildman–Crippen MR) is 346 cm³/mol. The van der Waals surface area contributed by atoms with Crippen LogP contribution in [0.3, 0.4) is 0 Å². The molecular formula is C55H70OS8Si6. The van der Waals surface area contributed by atoms with Gasteiger partial charge in [0.2, 0.25) is 5.78 Å². The normalized spacial score (nSPS) is 13.1. The minimum absolute atomic E-state index is 0.112. The van der Waals surface area contributed by atoms with Crippen LogP contribution in [0.25, 0.3) is 22.3 Å². The molecule has 0 bridgehead atoms. The van der Waals surface area contributed by atoms with Crippen LogP contribution in [-0.4, -0.2) is 54.2 Å². The molecule has 0 saturated carbocycles. The van der Waals surface area contributed by atoms with E-state index in [9.17, 15) is 0 Å². The Kier molecular flexibility index (Phi) is 15.5. The summed E-state index contributed by atoms with van der Waals surface area (Å²) in [5.41, 5.74) is 5.18. The van der Waals surface area contributed by atoms with Gasteiger partial charge in [-0.2, -0.15) is 0 Å². The second-order valence-corrected chi connectivity index (χ2v) is 65.7. The van der Waals surface area contributed by atoms with Crippen LogP contribution in [0.2, 0.25) is 118 Å². The Bertz CT molecular complexity index is 2930. The van der Waals surface area contributed by atoms with Gasteiger partial charge in [0.15, 0.2) is 0 Å². The largest absolute Gasteiger partial charge is 0.287 e. The van der Waals surface area contributed by atoms with Gasteiger partial charge in [-0.1, -0.05) is 154 Å². The zero-order valence-electron chi connectivity index (χ0n) is 44.4. The van der Waals surface area contributed by atoms with E-state index in [-0.39, 0.29) is 5.78 Å². The lowest BCUT2D eigenvalue weighted by Crippen LogP contribution is -2.34. The van der Waals surface area contributed by atoms with Crippen molar-refractivity contribution in [2.45, 2.75) is 118 Å². The fraction of sp³-hybridized carbons (Fsp3) is 0.327. The average molecular weight is 1170 g/mol. The number of carbonyl (C=O) groups excluding carboxylic acids is 1. The van der Waals surface area contributed by atoms with Crippen molar-refractivity contribution >= 4 is 194 Å². The lowest BCUT2D eigenvalue weighted by molar-refractivity contribution is 0.104. The number of carbonyl (C=O) groups is 1. The highest BCUT2D eigenvalue weighted by molar-refractivity contribution is 7.32. The molecule has 8 aromatic heterocycles. The van der Waals surface area contributed by atoms with Gasteiger partial charge in [0.1, 0.15) is 0 Å². The second-order valence-electron chi connectivity index (χ2n) is 24.6. The SMILES string of the molecule is C[Si](C)(C)c1ccc(C(=C(c2ccc([Si](C)(C)C)s2)c2ccc([Si](C)(C)C)s2)c2ccc(C(=O)c3ccc(C(=C(c4ccc([Si](C)(C)C)s4)c4ccc([Si](C)(C)C)s4)c4ccc([Si](C)(C)C)s4)s3)s2)s1. The van der Waals surface area contributed by atoms with E-state index in [4.69, 9.17) is 0 Å². The first-order chi connectivity index (χ1) is 32.4. The Morgan fingerprint density at radius 3 is 0.529 bits per heavy atom. The van der Waals surface area contributed by atoms with E-state index in [1.54, 1.807) is 22.7 Å². The van der Waals surface area contributed by atoms with Crippen molar-refractivity contribution < 1.29 is 4.79 Å². The van der Waals surface area contributed by atoms with Crippen LogP contribution in [0.4, 0.5) is 0 Å². The quantitative estimate of drug-likeness (QED) is 0.0696. The summed E-state index contributed by atoms with van der Waals surface area (Å²) in [5, 5.41) is 0. The predicted octanol–water partition coefficient (Wildman–Crippen LogP) is 16.7. The molecule has 0 radical (unpaired) electrons. The molecule has 0 unspecified atom stereocenters. The van der Waals surface area contributed by atoms with Crippen molar-refractivity contribution in [2.24, 2.45) is 0 Å². The van der Waals surface area contributed by atoms with Crippen molar-refractivity contribution in [1.29, 1.82) is 0 Å². The molecule has 8 heterocycles. The van der Waals surface area contributed by atoms with Crippen LogP contribution >= 0.6 is 90.7 Å². The summed E-state index contributed by atoms with van der Waals surface area (Å²) in [6.07, 6.45) is 0. The Labute approximate surface area is 457 Å². The number of hydrogen-bond acceptors (Lipinski definition) is 9. The summed E-state index contributed by atoms with van der Waals surface area (Å²) in [6, 6.07) is 37.5. The van der Waals surface area contributed by atoms with Crippen molar-refractivity contribution in [3.8, 4) is 0 Å². The highest BCUT2D eigenvalue weighted by Gasteiger charge is 2.31. The molecule has 15 heteroatoms.